The highest BCUT2D eigenvalue weighted by molar-refractivity contribution is 6.30. The molecule has 7 heteroatoms. The molecule has 1 aromatic carbocycles. The quantitative estimate of drug-likeness (QED) is 0.697. The molecule has 1 N–H and O–H groups in total. The molecule has 124 valence electrons. The highest BCUT2D eigenvalue weighted by Gasteiger charge is 2.18. The number of nitrogens with zero attached hydrogens (tertiary/aromatic N) is 2. The van der Waals surface area contributed by atoms with Crippen LogP contribution in [0.4, 0.5) is 0 Å². The molecule has 1 amide bonds. The van der Waals surface area contributed by atoms with E-state index in [4.69, 9.17) is 20.8 Å². The van der Waals surface area contributed by atoms with Gasteiger partial charge in [-0.3, -0.25) is 4.79 Å². The zero-order valence-electron chi connectivity index (χ0n) is 13.0. The number of methoxy groups -OCH3 is 1. The minimum atomic E-state index is -0.243. The molecule has 0 aliphatic carbocycles. The first kappa shape index (κ1) is 16.3. The number of halogens is 1. The van der Waals surface area contributed by atoms with E-state index in [1.54, 1.807) is 60.5 Å². The normalized spacial score (nSPS) is 10.8. The zero-order chi connectivity index (χ0) is 16.9. The molecule has 0 spiro atoms. The van der Waals surface area contributed by atoms with E-state index in [1.165, 1.54) is 0 Å². The van der Waals surface area contributed by atoms with E-state index < -0.39 is 0 Å². The predicted octanol–water partition coefficient (Wildman–Crippen LogP) is 3.16. The number of hydrogen-bond donors (Lipinski definition) is 1. The predicted molar refractivity (Wildman–Crippen MR) is 90.5 cm³/mol. The summed E-state index contributed by atoms with van der Waals surface area (Å²) < 4.78 is 11.9. The number of carbonyl (C=O) groups excluding carboxylic acids is 1. The summed E-state index contributed by atoms with van der Waals surface area (Å²) in [5.41, 5.74) is 1.71. The summed E-state index contributed by atoms with van der Waals surface area (Å²) in [5, 5.41) is 7.90. The van der Waals surface area contributed by atoms with Crippen LogP contribution in [0.25, 0.3) is 17.1 Å². The third-order valence-electron chi connectivity index (χ3n) is 3.38. The molecule has 0 saturated heterocycles. The van der Waals surface area contributed by atoms with Crippen molar-refractivity contribution in [1.29, 1.82) is 0 Å². The van der Waals surface area contributed by atoms with E-state index in [0.717, 1.165) is 5.69 Å². The fourth-order valence-electron chi connectivity index (χ4n) is 2.22. The maximum absolute atomic E-state index is 12.5. The molecular weight excluding hydrogens is 330 g/mol. The Kier molecular flexibility index (Phi) is 4.98. The van der Waals surface area contributed by atoms with Gasteiger partial charge in [0.1, 0.15) is 11.4 Å². The third kappa shape index (κ3) is 3.50. The van der Waals surface area contributed by atoms with Gasteiger partial charge in [-0.05, 0) is 36.4 Å². The Labute approximate surface area is 144 Å². The van der Waals surface area contributed by atoms with Crippen LogP contribution in [0.5, 0.6) is 0 Å². The molecule has 0 saturated carbocycles. The molecule has 0 atom stereocenters. The monoisotopic (exact) mass is 345 g/mol. The van der Waals surface area contributed by atoms with E-state index in [1.807, 2.05) is 0 Å². The Balaban J connectivity index is 1.98. The lowest BCUT2D eigenvalue weighted by atomic mass is 10.2. The summed E-state index contributed by atoms with van der Waals surface area (Å²) in [6, 6.07) is 12.3. The van der Waals surface area contributed by atoms with Crippen molar-refractivity contribution in [2.24, 2.45) is 0 Å². The fourth-order valence-corrected chi connectivity index (χ4v) is 2.35. The van der Waals surface area contributed by atoms with Crippen LogP contribution in [-0.4, -0.2) is 35.9 Å². The standard InChI is InChI=1S/C17H16ClN3O3/c1-23-10-8-19-17(22)15-11-14(16-3-2-9-24-16)20-21(15)13-6-4-12(18)5-7-13/h2-7,9,11H,8,10H2,1H3,(H,19,22). The second kappa shape index (κ2) is 7.33. The Morgan fingerprint density at radius 2 is 2.12 bits per heavy atom. The Morgan fingerprint density at radius 3 is 2.79 bits per heavy atom. The van der Waals surface area contributed by atoms with Gasteiger partial charge in [0, 0.05) is 24.7 Å². The average Bonchev–Trinajstić information content (AvgIpc) is 3.25. The molecule has 6 nitrogen and oxygen atoms in total. The van der Waals surface area contributed by atoms with Crippen LogP contribution in [0.15, 0.2) is 53.1 Å². The number of furan rings is 1. The Morgan fingerprint density at radius 1 is 1.33 bits per heavy atom. The smallest absolute Gasteiger partial charge is 0.270 e. The summed E-state index contributed by atoms with van der Waals surface area (Å²) in [6.45, 7) is 0.850. The van der Waals surface area contributed by atoms with E-state index in [9.17, 15) is 4.79 Å². The van der Waals surface area contributed by atoms with E-state index >= 15 is 0 Å². The van der Waals surface area contributed by atoms with Crippen molar-refractivity contribution >= 4 is 17.5 Å². The van der Waals surface area contributed by atoms with Gasteiger partial charge in [0.2, 0.25) is 0 Å². The zero-order valence-corrected chi connectivity index (χ0v) is 13.8. The SMILES string of the molecule is COCCNC(=O)c1cc(-c2ccco2)nn1-c1ccc(Cl)cc1. The minimum absolute atomic E-state index is 0.243. The van der Waals surface area contributed by atoms with Crippen LogP contribution in [0.3, 0.4) is 0 Å². The summed E-state index contributed by atoms with van der Waals surface area (Å²) in [7, 11) is 1.58. The van der Waals surface area contributed by atoms with Crippen molar-refractivity contribution in [1.82, 2.24) is 15.1 Å². The highest BCUT2D eigenvalue weighted by atomic mass is 35.5. The fraction of sp³-hybridized carbons (Fsp3) is 0.176. The summed E-state index contributed by atoms with van der Waals surface area (Å²) >= 11 is 5.93. The Bertz CT molecular complexity index is 810. The first-order valence-corrected chi connectivity index (χ1v) is 7.74. The molecule has 3 rings (SSSR count). The number of aromatic nitrogens is 2. The van der Waals surface area contributed by atoms with Crippen LogP contribution < -0.4 is 5.32 Å². The van der Waals surface area contributed by atoms with Crippen molar-refractivity contribution in [3.8, 4) is 17.1 Å². The summed E-state index contributed by atoms with van der Waals surface area (Å²) in [6.07, 6.45) is 1.56. The lowest BCUT2D eigenvalue weighted by molar-refractivity contribution is 0.0929. The van der Waals surface area contributed by atoms with Crippen molar-refractivity contribution in [3.05, 3.63) is 59.4 Å². The van der Waals surface area contributed by atoms with Gasteiger partial charge in [-0.25, -0.2) is 4.68 Å². The minimum Gasteiger partial charge on any atom is -0.463 e. The maximum atomic E-state index is 12.5. The van der Waals surface area contributed by atoms with Gasteiger partial charge in [-0.2, -0.15) is 5.10 Å². The first-order valence-electron chi connectivity index (χ1n) is 7.36. The topological polar surface area (TPSA) is 69.3 Å². The van der Waals surface area contributed by atoms with Crippen LogP contribution in [-0.2, 0) is 4.74 Å². The molecule has 3 aromatic rings. The second-order valence-electron chi connectivity index (χ2n) is 5.03. The Hall–Kier alpha value is -2.57. The van der Waals surface area contributed by atoms with Crippen molar-refractivity contribution in [3.63, 3.8) is 0 Å². The second-order valence-corrected chi connectivity index (χ2v) is 5.47. The van der Waals surface area contributed by atoms with Crippen LogP contribution in [0, 0.1) is 0 Å². The van der Waals surface area contributed by atoms with Gasteiger partial charge in [0.25, 0.3) is 5.91 Å². The molecule has 24 heavy (non-hydrogen) atoms. The number of hydrogen-bond acceptors (Lipinski definition) is 4. The largest absolute Gasteiger partial charge is 0.463 e. The van der Waals surface area contributed by atoms with Crippen molar-refractivity contribution in [2.45, 2.75) is 0 Å². The van der Waals surface area contributed by atoms with Crippen LogP contribution in [0.1, 0.15) is 10.5 Å². The number of benzene rings is 1. The van der Waals surface area contributed by atoms with E-state index in [0.29, 0.717) is 35.3 Å². The van der Waals surface area contributed by atoms with E-state index in [2.05, 4.69) is 10.4 Å². The molecule has 0 radical (unpaired) electrons. The van der Waals surface area contributed by atoms with Gasteiger partial charge < -0.3 is 14.5 Å². The lowest BCUT2D eigenvalue weighted by Gasteiger charge is -2.08. The molecule has 0 unspecified atom stereocenters. The van der Waals surface area contributed by atoms with Crippen molar-refractivity contribution in [2.75, 3.05) is 20.3 Å². The lowest BCUT2D eigenvalue weighted by Crippen LogP contribution is -2.28. The van der Waals surface area contributed by atoms with Crippen LogP contribution >= 0.6 is 11.6 Å². The molecular formula is C17H16ClN3O3. The molecule has 0 bridgehead atoms. The summed E-state index contributed by atoms with van der Waals surface area (Å²) in [5.74, 6) is 0.348. The molecule has 0 fully saturated rings. The average molecular weight is 346 g/mol. The molecule has 2 heterocycles. The number of nitrogens with one attached hydrogen (secondary N) is 1. The van der Waals surface area contributed by atoms with Gasteiger partial charge in [-0.15, -0.1) is 0 Å². The number of ether oxygens (including phenoxy) is 1. The van der Waals surface area contributed by atoms with Gasteiger partial charge in [0.15, 0.2) is 5.76 Å². The van der Waals surface area contributed by atoms with Gasteiger partial charge >= 0.3 is 0 Å². The van der Waals surface area contributed by atoms with Gasteiger partial charge in [-0.1, -0.05) is 11.6 Å². The number of rotatable bonds is 6. The summed E-state index contributed by atoms with van der Waals surface area (Å²) in [4.78, 5) is 12.5. The molecule has 0 aliphatic rings. The maximum Gasteiger partial charge on any atom is 0.270 e. The molecule has 2 aromatic heterocycles. The van der Waals surface area contributed by atoms with Gasteiger partial charge in [0.05, 0.1) is 18.6 Å². The van der Waals surface area contributed by atoms with Crippen molar-refractivity contribution < 1.29 is 13.9 Å². The molecule has 0 aliphatic heterocycles. The third-order valence-corrected chi connectivity index (χ3v) is 3.63. The highest BCUT2D eigenvalue weighted by Crippen LogP contribution is 2.23. The first-order chi connectivity index (χ1) is 11.7. The number of carbonyl (C=O) groups is 1. The van der Waals surface area contributed by atoms with E-state index in [-0.39, 0.29) is 5.91 Å². The van der Waals surface area contributed by atoms with Crippen LogP contribution in [0.2, 0.25) is 5.02 Å². The number of amides is 1.